The quantitative estimate of drug-likeness (QED) is 0.816. The maximum atomic E-state index is 12.5. The van der Waals surface area contributed by atoms with Crippen molar-refractivity contribution in [3.05, 3.63) is 29.0 Å². The van der Waals surface area contributed by atoms with Gasteiger partial charge in [-0.1, -0.05) is 18.5 Å². The first kappa shape index (κ1) is 20.2. The lowest BCUT2D eigenvalue weighted by atomic mass is 9.97. The summed E-state index contributed by atoms with van der Waals surface area (Å²) in [5.74, 6) is 1.73. The van der Waals surface area contributed by atoms with Gasteiger partial charge in [-0.3, -0.25) is 4.79 Å². The second-order valence-corrected chi connectivity index (χ2v) is 9.07. The molecule has 0 bridgehead atoms. The minimum atomic E-state index is -0.228. The van der Waals surface area contributed by atoms with E-state index in [2.05, 4.69) is 36.0 Å². The summed E-state index contributed by atoms with van der Waals surface area (Å²) in [5.41, 5.74) is 1.68. The maximum Gasteiger partial charge on any atom is 0.220 e. The van der Waals surface area contributed by atoms with E-state index >= 15 is 0 Å². The van der Waals surface area contributed by atoms with Crippen LogP contribution in [0.5, 0.6) is 0 Å². The summed E-state index contributed by atoms with van der Waals surface area (Å²) in [6.45, 7) is 9.69. The predicted octanol–water partition coefficient (Wildman–Crippen LogP) is 3.79. The molecule has 1 fully saturated rings. The van der Waals surface area contributed by atoms with Gasteiger partial charge in [-0.25, -0.2) is 4.98 Å². The summed E-state index contributed by atoms with van der Waals surface area (Å²) in [7, 11) is 1.98. The minimum Gasteiger partial charge on any atom is -0.350 e. The second kappa shape index (κ2) is 8.19. The summed E-state index contributed by atoms with van der Waals surface area (Å²) in [4.78, 5) is 19.6. The fourth-order valence-corrected chi connectivity index (χ4v) is 4.31. The summed E-state index contributed by atoms with van der Waals surface area (Å²) >= 11 is 6.05. The monoisotopic (exact) mass is 390 g/mol. The minimum absolute atomic E-state index is 0.0788. The number of nitrogens with one attached hydrogen (secondary N) is 1. The topological polar surface area (TPSA) is 50.2 Å². The Hall–Kier alpha value is -1.59. The van der Waals surface area contributed by atoms with E-state index in [1.54, 1.807) is 0 Å². The SMILES string of the molecule is CC1CCCN(CC(C)(C)NC(=O)CCc2nc3cc(Cl)ccc3n2C)C1. The van der Waals surface area contributed by atoms with E-state index in [4.69, 9.17) is 11.6 Å². The Kier molecular flexibility index (Phi) is 6.11. The van der Waals surface area contributed by atoms with Gasteiger partial charge in [-0.2, -0.15) is 0 Å². The fraction of sp³-hybridized carbons (Fsp3) is 0.619. The zero-order valence-electron chi connectivity index (χ0n) is 16.9. The molecule has 5 nitrogen and oxygen atoms in total. The van der Waals surface area contributed by atoms with Crippen molar-refractivity contribution in [2.75, 3.05) is 19.6 Å². The van der Waals surface area contributed by atoms with Gasteiger partial charge in [0.25, 0.3) is 0 Å². The molecule has 1 N–H and O–H groups in total. The van der Waals surface area contributed by atoms with Gasteiger partial charge in [-0.05, 0) is 57.4 Å². The number of amides is 1. The number of aryl methyl sites for hydroxylation is 2. The molecule has 1 atom stereocenters. The van der Waals surface area contributed by atoms with Crippen molar-refractivity contribution in [2.45, 2.75) is 52.0 Å². The van der Waals surface area contributed by atoms with Crippen LogP contribution >= 0.6 is 11.6 Å². The van der Waals surface area contributed by atoms with E-state index < -0.39 is 0 Å². The normalized spacial score (nSPS) is 18.8. The fourth-order valence-electron chi connectivity index (χ4n) is 4.14. The van der Waals surface area contributed by atoms with Crippen molar-refractivity contribution in [3.63, 3.8) is 0 Å². The van der Waals surface area contributed by atoms with Crippen molar-refractivity contribution in [3.8, 4) is 0 Å². The molecule has 27 heavy (non-hydrogen) atoms. The van der Waals surface area contributed by atoms with Crippen LogP contribution in [0.2, 0.25) is 5.02 Å². The Labute approximate surface area is 167 Å². The third-order valence-electron chi connectivity index (χ3n) is 5.35. The number of rotatable bonds is 6. The van der Waals surface area contributed by atoms with E-state index in [0.29, 0.717) is 17.9 Å². The van der Waals surface area contributed by atoms with Crippen LogP contribution in [0, 0.1) is 5.92 Å². The van der Waals surface area contributed by atoms with E-state index in [-0.39, 0.29) is 11.4 Å². The Morgan fingerprint density at radius 2 is 2.19 bits per heavy atom. The number of hydrogen-bond donors (Lipinski definition) is 1. The molecule has 2 heterocycles. The van der Waals surface area contributed by atoms with Crippen molar-refractivity contribution < 1.29 is 4.79 Å². The third-order valence-corrected chi connectivity index (χ3v) is 5.58. The standard InChI is InChI=1S/C21H31ClN4O/c1-15-6-5-11-26(13-15)14-21(2,3)24-20(27)10-9-19-23-17-12-16(22)7-8-18(17)25(19)4/h7-8,12,15H,5-6,9-11,13-14H2,1-4H3,(H,24,27). The summed E-state index contributed by atoms with van der Waals surface area (Å²) in [6.07, 6.45) is 3.62. The van der Waals surface area contributed by atoms with Crippen molar-refractivity contribution in [1.82, 2.24) is 19.8 Å². The highest BCUT2D eigenvalue weighted by Crippen LogP contribution is 2.21. The lowest BCUT2D eigenvalue weighted by Crippen LogP contribution is -2.53. The van der Waals surface area contributed by atoms with Gasteiger partial charge in [0.2, 0.25) is 5.91 Å². The van der Waals surface area contributed by atoms with Crippen LogP contribution in [0.1, 0.15) is 45.9 Å². The highest BCUT2D eigenvalue weighted by atomic mass is 35.5. The first-order chi connectivity index (χ1) is 12.7. The summed E-state index contributed by atoms with van der Waals surface area (Å²) in [5, 5.41) is 3.89. The molecule has 1 aliphatic heterocycles. The molecule has 0 aliphatic carbocycles. The Bertz CT molecular complexity index is 814. The van der Waals surface area contributed by atoms with Crippen molar-refractivity contribution in [2.24, 2.45) is 13.0 Å². The van der Waals surface area contributed by atoms with Crippen LogP contribution < -0.4 is 5.32 Å². The van der Waals surface area contributed by atoms with Crippen LogP contribution in [0.15, 0.2) is 18.2 Å². The number of hydrogen-bond acceptors (Lipinski definition) is 3. The lowest BCUT2D eigenvalue weighted by Gasteiger charge is -2.37. The second-order valence-electron chi connectivity index (χ2n) is 8.63. The van der Waals surface area contributed by atoms with E-state index in [1.807, 2.05) is 29.8 Å². The van der Waals surface area contributed by atoms with Gasteiger partial charge in [0.1, 0.15) is 5.82 Å². The molecule has 6 heteroatoms. The number of carbonyl (C=O) groups is 1. The lowest BCUT2D eigenvalue weighted by molar-refractivity contribution is -0.122. The summed E-state index contributed by atoms with van der Waals surface area (Å²) in [6, 6.07) is 5.70. The van der Waals surface area contributed by atoms with Crippen LogP contribution in [-0.2, 0) is 18.3 Å². The molecule has 1 aromatic heterocycles. The zero-order valence-corrected chi connectivity index (χ0v) is 17.6. The van der Waals surface area contributed by atoms with Gasteiger partial charge in [0, 0.05) is 43.5 Å². The molecule has 2 aromatic rings. The van der Waals surface area contributed by atoms with Crippen LogP contribution in [-0.4, -0.2) is 45.5 Å². The highest BCUT2D eigenvalue weighted by Gasteiger charge is 2.26. The van der Waals surface area contributed by atoms with Gasteiger partial charge < -0.3 is 14.8 Å². The highest BCUT2D eigenvalue weighted by molar-refractivity contribution is 6.31. The number of fused-ring (bicyclic) bond motifs is 1. The number of imidazole rings is 1. The summed E-state index contributed by atoms with van der Waals surface area (Å²) < 4.78 is 2.04. The Morgan fingerprint density at radius 1 is 1.41 bits per heavy atom. The number of halogens is 1. The smallest absolute Gasteiger partial charge is 0.220 e. The molecule has 0 saturated carbocycles. The number of benzene rings is 1. The first-order valence-electron chi connectivity index (χ1n) is 9.88. The number of likely N-dealkylation sites (tertiary alicyclic amines) is 1. The van der Waals surface area contributed by atoms with Crippen molar-refractivity contribution in [1.29, 1.82) is 0 Å². The molecule has 1 unspecified atom stereocenters. The first-order valence-corrected chi connectivity index (χ1v) is 10.3. The number of piperidine rings is 1. The largest absolute Gasteiger partial charge is 0.350 e. The number of aromatic nitrogens is 2. The number of carbonyl (C=O) groups excluding carboxylic acids is 1. The average molecular weight is 391 g/mol. The molecule has 3 rings (SSSR count). The van der Waals surface area contributed by atoms with Gasteiger partial charge >= 0.3 is 0 Å². The third kappa shape index (κ3) is 5.23. The molecule has 1 aromatic carbocycles. The molecule has 0 radical (unpaired) electrons. The molecule has 1 aliphatic rings. The number of nitrogens with zero attached hydrogens (tertiary/aromatic N) is 3. The van der Waals surface area contributed by atoms with Gasteiger partial charge in [0.05, 0.1) is 11.0 Å². The predicted molar refractivity (Wildman–Crippen MR) is 111 cm³/mol. The van der Waals surface area contributed by atoms with Crippen LogP contribution in [0.3, 0.4) is 0 Å². The van der Waals surface area contributed by atoms with Gasteiger partial charge in [0.15, 0.2) is 0 Å². The molecular formula is C21H31ClN4O. The molecule has 1 amide bonds. The molecule has 0 spiro atoms. The van der Waals surface area contributed by atoms with Gasteiger partial charge in [-0.15, -0.1) is 0 Å². The Morgan fingerprint density at radius 3 is 2.93 bits per heavy atom. The van der Waals surface area contributed by atoms with E-state index in [9.17, 15) is 4.79 Å². The average Bonchev–Trinajstić information content (AvgIpc) is 2.87. The zero-order chi connectivity index (χ0) is 19.6. The molecule has 1 saturated heterocycles. The maximum absolute atomic E-state index is 12.5. The van der Waals surface area contributed by atoms with Crippen molar-refractivity contribution >= 4 is 28.5 Å². The molecule has 148 valence electrons. The van der Waals surface area contributed by atoms with Crippen LogP contribution in [0.4, 0.5) is 0 Å². The van der Waals surface area contributed by atoms with Crippen LogP contribution in [0.25, 0.3) is 11.0 Å². The Balaban J connectivity index is 1.55. The van der Waals surface area contributed by atoms with E-state index in [0.717, 1.165) is 42.4 Å². The molecular weight excluding hydrogens is 360 g/mol. The van der Waals surface area contributed by atoms with E-state index in [1.165, 1.54) is 12.8 Å².